The molecule has 0 radical (unpaired) electrons. The number of nitrogens with one attached hydrogen (secondary N) is 1. The van der Waals surface area contributed by atoms with E-state index in [1.54, 1.807) is 11.8 Å². The summed E-state index contributed by atoms with van der Waals surface area (Å²) in [4.78, 5) is 26.1. The Bertz CT molecular complexity index is 488. The number of benzene rings is 1. The van der Waals surface area contributed by atoms with Crippen LogP contribution in [0.15, 0.2) is 30.3 Å². The standard InChI is InChI=1S/C16H22N2O3/c1-12(19)11-17-16(21)14-8-5-9-18(14)15(20)10-13-6-3-2-4-7-13/h2-4,6-7,12,14,19H,5,8-11H2,1H3,(H,17,21). The van der Waals surface area contributed by atoms with Gasteiger partial charge in [0, 0.05) is 13.1 Å². The Morgan fingerprint density at radius 3 is 2.76 bits per heavy atom. The lowest BCUT2D eigenvalue weighted by molar-refractivity contribution is -0.138. The Labute approximate surface area is 125 Å². The maximum absolute atomic E-state index is 12.4. The summed E-state index contributed by atoms with van der Waals surface area (Å²) in [5.41, 5.74) is 0.956. The second-order valence-electron chi connectivity index (χ2n) is 5.50. The third-order valence-corrected chi connectivity index (χ3v) is 3.65. The summed E-state index contributed by atoms with van der Waals surface area (Å²) < 4.78 is 0. The quantitative estimate of drug-likeness (QED) is 0.839. The minimum atomic E-state index is -0.580. The average Bonchev–Trinajstić information content (AvgIpc) is 2.95. The minimum Gasteiger partial charge on any atom is -0.392 e. The van der Waals surface area contributed by atoms with Gasteiger partial charge in [0.1, 0.15) is 6.04 Å². The van der Waals surface area contributed by atoms with Crippen molar-refractivity contribution in [1.82, 2.24) is 10.2 Å². The maximum Gasteiger partial charge on any atom is 0.242 e. The molecule has 2 amide bonds. The Morgan fingerprint density at radius 2 is 2.10 bits per heavy atom. The minimum absolute atomic E-state index is 0.0177. The molecule has 0 aliphatic carbocycles. The zero-order valence-corrected chi connectivity index (χ0v) is 12.3. The number of amides is 2. The molecule has 1 aromatic rings. The molecule has 2 atom stereocenters. The highest BCUT2D eigenvalue weighted by molar-refractivity contribution is 5.89. The van der Waals surface area contributed by atoms with Crippen LogP contribution in [0.25, 0.3) is 0 Å². The predicted octanol–water partition coefficient (Wildman–Crippen LogP) is 0.717. The van der Waals surface area contributed by atoms with Gasteiger partial charge in [0.05, 0.1) is 12.5 Å². The molecule has 0 spiro atoms. The fourth-order valence-electron chi connectivity index (χ4n) is 2.58. The Hall–Kier alpha value is -1.88. The first-order valence-electron chi connectivity index (χ1n) is 7.37. The van der Waals surface area contributed by atoms with Crippen LogP contribution in [0, 0.1) is 0 Å². The third kappa shape index (κ3) is 4.29. The molecule has 2 rings (SSSR count). The number of carbonyl (C=O) groups is 2. The van der Waals surface area contributed by atoms with Gasteiger partial charge in [-0.05, 0) is 25.3 Å². The molecule has 2 N–H and O–H groups in total. The van der Waals surface area contributed by atoms with E-state index in [2.05, 4.69) is 5.32 Å². The number of nitrogens with zero attached hydrogens (tertiary/aromatic N) is 1. The van der Waals surface area contributed by atoms with Gasteiger partial charge < -0.3 is 15.3 Å². The summed E-state index contributed by atoms with van der Waals surface area (Å²) in [6.07, 6.45) is 1.27. The monoisotopic (exact) mass is 290 g/mol. The van der Waals surface area contributed by atoms with Gasteiger partial charge in [-0.3, -0.25) is 9.59 Å². The zero-order chi connectivity index (χ0) is 15.2. The smallest absolute Gasteiger partial charge is 0.242 e. The molecular weight excluding hydrogens is 268 g/mol. The molecule has 0 aromatic heterocycles. The van der Waals surface area contributed by atoms with Crippen molar-refractivity contribution in [2.45, 2.75) is 38.3 Å². The van der Waals surface area contributed by atoms with Gasteiger partial charge in [0.2, 0.25) is 11.8 Å². The van der Waals surface area contributed by atoms with E-state index in [1.807, 2.05) is 30.3 Å². The summed E-state index contributed by atoms with van der Waals surface area (Å²) in [6, 6.07) is 9.14. The normalized spacial score (nSPS) is 19.3. The van der Waals surface area contributed by atoms with Gasteiger partial charge in [-0.2, -0.15) is 0 Å². The Balaban J connectivity index is 1.94. The van der Waals surface area contributed by atoms with Crippen LogP contribution in [-0.4, -0.2) is 47.1 Å². The Kier molecular flexibility index (Phi) is 5.33. The third-order valence-electron chi connectivity index (χ3n) is 3.65. The summed E-state index contributed by atoms with van der Waals surface area (Å²) >= 11 is 0. The molecule has 1 aromatic carbocycles. The van der Waals surface area contributed by atoms with E-state index >= 15 is 0 Å². The Morgan fingerprint density at radius 1 is 1.38 bits per heavy atom. The first kappa shape index (κ1) is 15.5. The summed E-state index contributed by atoms with van der Waals surface area (Å²) in [6.45, 7) is 2.46. The van der Waals surface area contributed by atoms with Gasteiger partial charge in [0.15, 0.2) is 0 Å². The van der Waals surface area contributed by atoms with Crippen molar-refractivity contribution < 1.29 is 14.7 Å². The van der Waals surface area contributed by atoms with E-state index < -0.39 is 12.1 Å². The molecule has 1 heterocycles. The van der Waals surface area contributed by atoms with Gasteiger partial charge in [-0.1, -0.05) is 30.3 Å². The number of hydrogen-bond acceptors (Lipinski definition) is 3. The fraction of sp³-hybridized carbons (Fsp3) is 0.500. The number of carbonyl (C=O) groups excluding carboxylic acids is 2. The van der Waals surface area contributed by atoms with Gasteiger partial charge >= 0.3 is 0 Å². The molecule has 21 heavy (non-hydrogen) atoms. The fourth-order valence-corrected chi connectivity index (χ4v) is 2.58. The number of aliphatic hydroxyl groups excluding tert-OH is 1. The largest absolute Gasteiger partial charge is 0.392 e. The second kappa shape index (κ2) is 7.22. The van der Waals surface area contributed by atoms with Crippen LogP contribution in [0.4, 0.5) is 0 Å². The van der Waals surface area contributed by atoms with Crippen LogP contribution in [0.2, 0.25) is 0 Å². The summed E-state index contributed by atoms with van der Waals surface area (Å²) in [7, 11) is 0. The van der Waals surface area contributed by atoms with E-state index in [0.29, 0.717) is 19.4 Å². The van der Waals surface area contributed by atoms with Crippen molar-refractivity contribution in [3.63, 3.8) is 0 Å². The molecule has 0 bridgehead atoms. The van der Waals surface area contributed by atoms with Crippen molar-refractivity contribution in [2.75, 3.05) is 13.1 Å². The highest BCUT2D eigenvalue weighted by atomic mass is 16.3. The van der Waals surface area contributed by atoms with Crippen LogP contribution >= 0.6 is 0 Å². The lowest BCUT2D eigenvalue weighted by Gasteiger charge is -2.24. The molecule has 114 valence electrons. The summed E-state index contributed by atoms with van der Waals surface area (Å²) in [5.74, 6) is -0.189. The van der Waals surface area contributed by atoms with E-state index in [-0.39, 0.29) is 18.4 Å². The molecule has 2 unspecified atom stereocenters. The lowest BCUT2D eigenvalue weighted by atomic mass is 10.1. The molecule has 5 heteroatoms. The average molecular weight is 290 g/mol. The van der Waals surface area contributed by atoms with Crippen LogP contribution in [-0.2, 0) is 16.0 Å². The van der Waals surface area contributed by atoms with E-state index in [1.165, 1.54) is 0 Å². The van der Waals surface area contributed by atoms with Gasteiger partial charge in [-0.15, -0.1) is 0 Å². The molecule has 1 fully saturated rings. The first-order chi connectivity index (χ1) is 10.1. The van der Waals surface area contributed by atoms with Gasteiger partial charge in [-0.25, -0.2) is 0 Å². The number of hydrogen-bond donors (Lipinski definition) is 2. The van der Waals surface area contributed by atoms with Crippen LogP contribution in [0.1, 0.15) is 25.3 Å². The van der Waals surface area contributed by atoms with Crippen molar-refractivity contribution in [3.8, 4) is 0 Å². The highest BCUT2D eigenvalue weighted by Crippen LogP contribution is 2.19. The van der Waals surface area contributed by atoms with Crippen molar-refractivity contribution in [3.05, 3.63) is 35.9 Å². The molecule has 5 nitrogen and oxygen atoms in total. The molecule has 1 aliphatic heterocycles. The molecule has 1 saturated heterocycles. The maximum atomic E-state index is 12.4. The zero-order valence-electron chi connectivity index (χ0n) is 12.3. The van der Waals surface area contributed by atoms with Crippen molar-refractivity contribution >= 4 is 11.8 Å². The molecule has 0 saturated carbocycles. The van der Waals surface area contributed by atoms with E-state index in [4.69, 9.17) is 0 Å². The highest BCUT2D eigenvalue weighted by Gasteiger charge is 2.33. The van der Waals surface area contributed by atoms with Crippen LogP contribution < -0.4 is 5.32 Å². The predicted molar refractivity (Wildman–Crippen MR) is 79.6 cm³/mol. The SMILES string of the molecule is CC(O)CNC(=O)C1CCCN1C(=O)Cc1ccccc1. The topological polar surface area (TPSA) is 69.6 Å². The van der Waals surface area contributed by atoms with Crippen LogP contribution in [0.3, 0.4) is 0 Å². The van der Waals surface area contributed by atoms with Crippen molar-refractivity contribution in [1.29, 1.82) is 0 Å². The van der Waals surface area contributed by atoms with Gasteiger partial charge in [0.25, 0.3) is 0 Å². The molecule has 1 aliphatic rings. The van der Waals surface area contributed by atoms with E-state index in [9.17, 15) is 14.7 Å². The number of likely N-dealkylation sites (tertiary alicyclic amines) is 1. The second-order valence-corrected chi connectivity index (χ2v) is 5.50. The number of aliphatic hydroxyl groups is 1. The van der Waals surface area contributed by atoms with E-state index in [0.717, 1.165) is 12.0 Å². The lowest BCUT2D eigenvalue weighted by Crippen LogP contribution is -2.47. The van der Waals surface area contributed by atoms with Crippen LogP contribution in [0.5, 0.6) is 0 Å². The first-order valence-corrected chi connectivity index (χ1v) is 7.37. The molecular formula is C16H22N2O3. The number of rotatable bonds is 5. The van der Waals surface area contributed by atoms with Crippen molar-refractivity contribution in [2.24, 2.45) is 0 Å². The summed E-state index contributed by atoms with van der Waals surface area (Å²) in [5, 5.41) is 11.9.